The number of carbonyl (C=O) groups excluding carboxylic acids is 2. The first-order valence-corrected chi connectivity index (χ1v) is 11.2. The second kappa shape index (κ2) is 11.2. The van der Waals surface area contributed by atoms with Crippen LogP contribution in [0.5, 0.6) is 17.2 Å². The second-order valence-corrected chi connectivity index (χ2v) is 8.05. The maximum atomic E-state index is 13.0. The van der Waals surface area contributed by atoms with Crippen LogP contribution in [0, 0.1) is 18.3 Å². The number of ether oxygens (including phenoxy) is 4. The molecule has 176 valence electrons. The SMILES string of the molecule is CCOC(=O)c1sc(NC(=O)c2cc(OC)c(OCc3ccccc3)c(OC)c2)c(C#N)c1C. The van der Waals surface area contributed by atoms with E-state index in [1.807, 2.05) is 36.4 Å². The predicted octanol–water partition coefficient (Wildman–Crippen LogP) is 4.95. The highest BCUT2D eigenvalue weighted by Gasteiger charge is 2.24. The van der Waals surface area contributed by atoms with E-state index < -0.39 is 11.9 Å². The van der Waals surface area contributed by atoms with Crippen molar-refractivity contribution in [1.82, 2.24) is 0 Å². The van der Waals surface area contributed by atoms with Crippen molar-refractivity contribution in [3.63, 3.8) is 0 Å². The Morgan fingerprint density at radius 2 is 1.74 bits per heavy atom. The Kier molecular flexibility index (Phi) is 8.11. The number of hydrogen-bond acceptors (Lipinski definition) is 8. The third-order valence-electron chi connectivity index (χ3n) is 4.90. The molecule has 2 aromatic carbocycles. The number of esters is 1. The number of benzene rings is 2. The van der Waals surface area contributed by atoms with E-state index in [-0.39, 0.29) is 34.2 Å². The number of carbonyl (C=O) groups is 2. The number of thiophene rings is 1. The zero-order chi connectivity index (χ0) is 24.7. The molecule has 0 saturated carbocycles. The van der Waals surface area contributed by atoms with E-state index in [9.17, 15) is 14.9 Å². The van der Waals surface area contributed by atoms with Crippen LogP contribution >= 0.6 is 11.3 Å². The summed E-state index contributed by atoms with van der Waals surface area (Å²) in [7, 11) is 2.93. The zero-order valence-electron chi connectivity index (χ0n) is 19.3. The zero-order valence-corrected chi connectivity index (χ0v) is 20.1. The Hall–Kier alpha value is -4.03. The van der Waals surface area contributed by atoms with Crippen LogP contribution in [0.1, 0.15) is 43.6 Å². The fraction of sp³-hybridized carbons (Fsp3) is 0.240. The molecule has 1 amide bonds. The van der Waals surface area contributed by atoms with Gasteiger partial charge in [-0.15, -0.1) is 11.3 Å². The van der Waals surface area contributed by atoms with Crippen molar-refractivity contribution in [2.45, 2.75) is 20.5 Å². The molecule has 1 aromatic heterocycles. The van der Waals surface area contributed by atoms with Gasteiger partial charge >= 0.3 is 5.97 Å². The predicted molar refractivity (Wildman–Crippen MR) is 128 cm³/mol. The lowest BCUT2D eigenvalue weighted by atomic mass is 10.1. The molecular weight excluding hydrogens is 456 g/mol. The van der Waals surface area contributed by atoms with Crippen molar-refractivity contribution in [2.75, 3.05) is 26.1 Å². The maximum Gasteiger partial charge on any atom is 0.348 e. The van der Waals surface area contributed by atoms with Gasteiger partial charge in [-0.1, -0.05) is 30.3 Å². The van der Waals surface area contributed by atoms with E-state index in [0.717, 1.165) is 16.9 Å². The summed E-state index contributed by atoms with van der Waals surface area (Å²) in [6.07, 6.45) is 0. The average Bonchev–Trinajstić information content (AvgIpc) is 3.17. The van der Waals surface area contributed by atoms with E-state index in [1.54, 1.807) is 13.8 Å². The van der Waals surface area contributed by atoms with Gasteiger partial charge in [0.15, 0.2) is 11.5 Å². The molecule has 9 heteroatoms. The summed E-state index contributed by atoms with van der Waals surface area (Å²) in [6, 6.07) is 14.7. The van der Waals surface area contributed by atoms with Crippen LogP contribution in [0.4, 0.5) is 5.00 Å². The van der Waals surface area contributed by atoms with Crippen LogP contribution in [0.15, 0.2) is 42.5 Å². The van der Waals surface area contributed by atoms with Crippen molar-refractivity contribution in [3.8, 4) is 23.3 Å². The summed E-state index contributed by atoms with van der Waals surface area (Å²) in [5.74, 6) is -0.0460. The number of nitrogens with zero attached hydrogens (tertiary/aromatic N) is 1. The largest absolute Gasteiger partial charge is 0.493 e. The highest BCUT2D eigenvalue weighted by Crippen LogP contribution is 2.40. The van der Waals surface area contributed by atoms with Crippen LogP contribution in [0.3, 0.4) is 0 Å². The first kappa shape index (κ1) is 24.6. The fourth-order valence-electron chi connectivity index (χ4n) is 3.19. The summed E-state index contributed by atoms with van der Waals surface area (Å²) in [5, 5.41) is 12.5. The minimum absolute atomic E-state index is 0.206. The molecule has 0 unspecified atom stereocenters. The average molecular weight is 481 g/mol. The molecule has 0 aliphatic heterocycles. The molecular formula is C25H24N2O6S. The smallest absolute Gasteiger partial charge is 0.348 e. The number of amides is 1. The molecule has 0 aliphatic carbocycles. The van der Waals surface area contributed by atoms with Gasteiger partial charge in [0.1, 0.15) is 22.6 Å². The van der Waals surface area contributed by atoms with Crippen molar-refractivity contribution in [3.05, 3.63) is 69.6 Å². The third-order valence-corrected chi connectivity index (χ3v) is 6.08. The summed E-state index contributed by atoms with van der Waals surface area (Å²) in [5.41, 5.74) is 1.86. The molecule has 0 fully saturated rings. The van der Waals surface area contributed by atoms with Gasteiger partial charge in [0.05, 0.1) is 26.4 Å². The number of rotatable bonds is 9. The standard InChI is InChI=1S/C25H24N2O6S/c1-5-32-25(29)22-15(2)18(13-26)24(34-22)27-23(28)17-11-19(30-3)21(20(12-17)31-4)33-14-16-9-7-6-8-10-16/h6-12H,5,14H2,1-4H3,(H,27,28). The van der Waals surface area contributed by atoms with Crippen molar-refractivity contribution in [2.24, 2.45) is 0 Å². The first-order valence-electron chi connectivity index (χ1n) is 10.4. The minimum atomic E-state index is -0.537. The molecule has 0 bridgehead atoms. The van der Waals surface area contributed by atoms with Crippen molar-refractivity contribution in [1.29, 1.82) is 5.26 Å². The third kappa shape index (κ3) is 5.30. The summed E-state index contributed by atoms with van der Waals surface area (Å²) in [6.45, 7) is 3.83. The van der Waals surface area contributed by atoms with E-state index in [2.05, 4.69) is 5.32 Å². The van der Waals surface area contributed by atoms with Gasteiger partial charge < -0.3 is 24.3 Å². The lowest BCUT2D eigenvalue weighted by molar-refractivity contribution is 0.0531. The van der Waals surface area contributed by atoms with Crippen LogP contribution in [0.25, 0.3) is 0 Å². The Balaban J connectivity index is 1.89. The highest BCUT2D eigenvalue weighted by atomic mass is 32.1. The summed E-state index contributed by atoms with van der Waals surface area (Å²) < 4.78 is 21.9. The molecule has 3 rings (SSSR count). The van der Waals surface area contributed by atoms with Crippen LogP contribution in [0.2, 0.25) is 0 Å². The Morgan fingerprint density at radius 3 is 2.29 bits per heavy atom. The highest BCUT2D eigenvalue weighted by molar-refractivity contribution is 7.18. The van der Waals surface area contributed by atoms with E-state index in [4.69, 9.17) is 18.9 Å². The van der Waals surface area contributed by atoms with Gasteiger partial charge in [-0.2, -0.15) is 5.26 Å². The lowest BCUT2D eigenvalue weighted by Gasteiger charge is -2.16. The molecule has 0 spiro atoms. The second-order valence-electron chi connectivity index (χ2n) is 7.03. The van der Waals surface area contributed by atoms with Gasteiger partial charge in [0.25, 0.3) is 5.91 Å². The Morgan fingerprint density at radius 1 is 1.09 bits per heavy atom. The number of methoxy groups -OCH3 is 2. The molecule has 3 aromatic rings. The lowest BCUT2D eigenvalue weighted by Crippen LogP contribution is -2.12. The van der Waals surface area contributed by atoms with Gasteiger partial charge in [-0.3, -0.25) is 4.79 Å². The van der Waals surface area contributed by atoms with Crippen LogP contribution < -0.4 is 19.5 Å². The number of nitriles is 1. The summed E-state index contributed by atoms with van der Waals surface area (Å²) in [4.78, 5) is 25.5. The minimum Gasteiger partial charge on any atom is -0.493 e. The van der Waals surface area contributed by atoms with Crippen molar-refractivity contribution >= 4 is 28.2 Å². The molecule has 0 atom stereocenters. The number of anilines is 1. The van der Waals surface area contributed by atoms with Gasteiger partial charge in [0.2, 0.25) is 5.75 Å². The number of hydrogen-bond donors (Lipinski definition) is 1. The van der Waals surface area contributed by atoms with E-state index >= 15 is 0 Å². The van der Waals surface area contributed by atoms with Gasteiger partial charge in [-0.25, -0.2) is 4.79 Å². The molecule has 8 nitrogen and oxygen atoms in total. The molecule has 34 heavy (non-hydrogen) atoms. The monoisotopic (exact) mass is 480 g/mol. The fourth-order valence-corrected chi connectivity index (χ4v) is 4.23. The van der Waals surface area contributed by atoms with Crippen LogP contribution in [-0.4, -0.2) is 32.7 Å². The Bertz CT molecular complexity index is 1210. The Labute approximate surface area is 201 Å². The molecule has 1 N–H and O–H groups in total. The molecule has 0 aliphatic rings. The topological polar surface area (TPSA) is 107 Å². The maximum absolute atomic E-state index is 13.0. The van der Waals surface area contributed by atoms with E-state index in [0.29, 0.717) is 22.8 Å². The first-order chi connectivity index (χ1) is 16.4. The van der Waals surface area contributed by atoms with E-state index in [1.165, 1.54) is 26.4 Å². The van der Waals surface area contributed by atoms with Gasteiger partial charge in [0, 0.05) is 5.56 Å². The number of nitrogens with one attached hydrogen (secondary N) is 1. The molecule has 0 radical (unpaired) electrons. The van der Waals surface area contributed by atoms with Crippen LogP contribution in [-0.2, 0) is 11.3 Å². The molecule has 1 heterocycles. The molecule has 0 saturated heterocycles. The normalized spacial score (nSPS) is 10.2. The summed E-state index contributed by atoms with van der Waals surface area (Å²) >= 11 is 0.994. The van der Waals surface area contributed by atoms with Gasteiger partial charge in [-0.05, 0) is 37.1 Å². The quantitative estimate of drug-likeness (QED) is 0.432. The van der Waals surface area contributed by atoms with Crippen molar-refractivity contribution < 1.29 is 28.5 Å².